The Balaban J connectivity index is 2.77. The van der Waals surface area contributed by atoms with Gasteiger partial charge in [-0.15, -0.1) is 0 Å². The molecule has 0 aliphatic heterocycles. The van der Waals surface area contributed by atoms with E-state index in [1.54, 1.807) is 36.2 Å². The molecule has 0 unspecified atom stereocenters. The lowest BCUT2D eigenvalue weighted by Gasteiger charge is -2.16. The van der Waals surface area contributed by atoms with Crippen molar-refractivity contribution in [1.29, 1.82) is 0 Å². The summed E-state index contributed by atoms with van der Waals surface area (Å²) >= 11 is 0. The van der Waals surface area contributed by atoms with Crippen LogP contribution in [0, 0.1) is 6.57 Å². The molecule has 0 radical (unpaired) electrons. The third kappa shape index (κ3) is 2.49. The molecule has 0 aromatic heterocycles. The summed E-state index contributed by atoms with van der Waals surface area (Å²) in [6.07, 6.45) is 0. The van der Waals surface area contributed by atoms with E-state index in [1.807, 2.05) is 0 Å². The van der Waals surface area contributed by atoms with Crippen LogP contribution in [0.15, 0.2) is 24.3 Å². The van der Waals surface area contributed by atoms with Crippen molar-refractivity contribution < 1.29 is 9.90 Å². The van der Waals surface area contributed by atoms with Crippen LogP contribution in [-0.4, -0.2) is 24.7 Å². The highest BCUT2D eigenvalue weighted by molar-refractivity contribution is 5.73. The molecule has 1 N–H and O–H groups in total. The van der Waals surface area contributed by atoms with E-state index in [2.05, 4.69) is 4.85 Å². The molecule has 0 saturated carbocycles. The van der Waals surface area contributed by atoms with Crippen LogP contribution in [0.1, 0.15) is 0 Å². The Kier molecular flexibility index (Phi) is 3.08. The van der Waals surface area contributed by atoms with Gasteiger partial charge >= 0.3 is 5.97 Å². The SMILES string of the molecule is [C-]#[N+]c1ccc(N(C)CC(=O)O)cc1. The second-order valence-corrected chi connectivity index (χ2v) is 2.88. The molecule has 0 fully saturated rings. The number of hydrogen-bond acceptors (Lipinski definition) is 2. The minimum Gasteiger partial charge on any atom is -0.480 e. The Bertz CT molecular complexity index is 365. The number of carboxylic acid groups (broad SMARTS) is 1. The first-order chi connectivity index (χ1) is 6.63. The van der Waals surface area contributed by atoms with E-state index in [4.69, 9.17) is 11.7 Å². The maximum atomic E-state index is 10.4. The lowest BCUT2D eigenvalue weighted by atomic mass is 10.2. The van der Waals surface area contributed by atoms with Gasteiger partial charge in [0.1, 0.15) is 6.54 Å². The van der Waals surface area contributed by atoms with E-state index < -0.39 is 5.97 Å². The Labute approximate surface area is 82.2 Å². The van der Waals surface area contributed by atoms with Crippen molar-refractivity contribution in [2.75, 3.05) is 18.5 Å². The van der Waals surface area contributed by atoms with Crippen LogP contribution in [0.2, 0.25) is 0 Å². The summed E-state index contributed by atoms with van der Waals surface area (Å²) in [4.78, 5) is 15.3. The number of anilines is 1. The summed E-state index contributed by atoms with van der Waals surface area (Å²) in [5, 5.41) is 8.56. The van der Waals surface area contributed by atoms with Crippen LogP contribution in [0.3, 0.4) is 0 Å². The summed E-state index contributed by atoms with van der Waals surface area (Å²) < 4.78 is 0. The molecule has 1 aromatic rings. The average Bonchev–Trinajstić information content (AvgIpc) is 2.17. The topological polar surface area (TPSA) is 44.9 Å². The van der Waals surface area contributed by atoms with Crippen molar-refractivity contribution in [3.63, 3.8) is 0 Å². The first-order valence-electron chi connectivity index (χ1n) is 4.04. The largest absolute Gasteiger partial charge is 0.480 e. The smallest absolute Gasteiger partial charge is 0.323 e. The molecule has 0 heterocycles. The molecule has 0 spiro atoms. The van der Waals surface area contributed by atoms with Crippen LogP contribution >= 0.6 is 0 Å². The van der Waals surface area contributed by atoms with E-state index in [-0.39, 0.29) is 6.54 Å². The van der Waals surface area contributed by atoms with Crippen LogP contribution in [0.25, 0.3) is 4.85 Å². The third-order valence-corrected chi connectivity index (χ3v) is 1.79. The Morgan fingerprint density at radius 1 is 1.50 bits per heavy atom. The van der Waals surface area contributed by atoms with E-state index in [0.29, 0.717) is 5.69 Å². The van der Waals surface area contributed by atoms with Gasteiger partial charge < -0.3 is 10.0 Å². The molecule has 0 aliphatic rings. The van der Waals surface area contributed by atoms with Gasteiger partial charge in [0.05, 0.1) is 6.57 Å². The zero-order valence-electron chi connectivity index (χ0n) is 7.77. The normalized spacial score (nSPS) is 9.14. The lowest BCUT2D eigenvalue weighted by Crippen LogP contribution is -2.24. The van der Waals surface area contributed by atoms with Crippen LogP contribution in [0.5, 0.6) is 0 Å². The molecule has 0 saturated heterocycles. The lowest BCUT2D eigenvalue weighted by molar-refractivity contribution is -0.135. The molecule has 0 aliphatic carbocycles. The van der Waals surface area contributed by atoms with E-state index in [1.165, 1.54) is 0 Å². The average molecular weight is 190 g/mol. The monoisotopic (exact) mass is 190 g/mol. The van der Waals surface area contributed by atoms with Gasteiger partial charge in [-0.05, 0) is 12.1 Å². The van der Waals surface area contributed by atoms with Crippen molar-refractivity contribution in [3.05, 3.63) is 35.7 Å². The van der Waals surface area contributed by atoms with Crippen molar-refractivity contribution in [1.82, 2.24) is 0 Å². The summed E-state index contributed by atoms with van der Waals surface area (Å²) in [7, 11) is 1.70. The van der Waals surface area contributed by atoms with Crippen molar-refractivity contribution in [3.8, 4) is 0 Å². The molecule has 4 nitrogen and oxygen atoms in total. The number of hydrogen-bond donors (Lipinski definition) is 1. The summed E-state index contributed by atoms with van der Waals surface area (Å²) in [5.41, 5.74) is 1.34. The highest BCUT2D eigenvalue weighted by Gasteiger charge is 2.04. The van der Waals surface area contributed by atoms with Gasteiger partial charge in [0.2, 0.25) is 0 Å². The number of benzene rings is 1. The van der Waals surface area contributed by atoms with Crippen molar-refractivity contribution >= 4 is 17.3 Å². The minimum absolute atomic E-state index is 0.0443. The first-order valence-corrected chi connectivity index (χ1v) is 4.04. The maximum absolute atomic E-state index is 10.4. The van der Waals surface area contributed by atoms with Crippen molar-refractivity contribution in [2.24, 2.45) is 0 Å². The standard InChI is InChI=1S/C10H10N2O2/c1-11-8-3-5-9(6-4-8)12(2)7-10(13)14/h3-6H,7H2,2H3,(H,13,14). The van der Waals surface area contributed by atoms with Gasteiger partial charge in [0.15, 0.2) is 5.69 Å². The van der Waals surface area contributed by atoms with Gasteiger partial charge in [0.25, 0.3) is 0 Å². The predicted molar refractivity (Wildman–Crippen MR) is 53.6 cm³/mol. The number of carbonyl (C=O) groups is 1. The van der Waals surface area contributed by atoms with Gasteiger partial charge in [-0.1, -0.05) is 12.1 Å². The van der Waals surface area contributed by atoms with Gasteiger partial charge in [0, 0.05) is 12.7 Å². The predicted octanol–water partition coefficient (Wildman–Crippen LogP) is 1.76. The quantitative estimate of drug-likeness (QED) is 0.738. The minimum atomic E-state index is -0.873. The van der Waals surface area contributed by atoms with E-state index in [9.17, 15) is 4.79 Å². The molecule has 4 heteroatoms. The van der Waals surface area contributed by atoms with Crippen molar-refractivity contribution in [2.45, 2.75) is 0 Å². The molecule has 14 heavy (non-hydrogen) atoms. The molecule has 1 rings (SSSR count). The Morgan fingerprint density at radius 3 is 2.50 bits per heavy atom. The first kappa shape index (κ1) is 10.1. The molecule has 0 atom stereocenters. The van der Waals surface area contributed by atoms with Crippen LogP contribution in [-0.2, 0) is 4.79 Å². The number of aliphatic carboxylic acids is 1. The molecule has 0 amide bonds. The molecule has 1 aromatic carbocycles. The number of carboxylic acids is 1. The number of rotatable bonds is 3. The van der Waals surface area contributed by atoms with Crippen LogP contribution in [0.4, 0.5) is 11.4 Å². The Hall–Kier alpha value is -2.02. The van der Waals surface area contributed by atoms with E-state index >= 15 is 0 Å². The highest BCUT2D eigenvalue weighted by atomic mass is 16.4. The molecular weight excluding hydrogens is 180 g/mol. The van der Waals surface area contributed by atoms with Gasteiger partial charge in [-0.2, -0.15) is 0 Å². The van der Waals surface area contributed by atoms with Crippen LogP contribution < -0.4 is 4.90 Å². The second-order valence-electron chi connectivity index (χ2n) is 2.88. The number of likely N-dealkylation sites (N-methyl/N-ethyl adjacent to an activating group) is 1. The summed E-state index contributed by atoms with van der Waals surface area (Å²) in [6, 6.07) is 6.80. The zero-order valence-corrected chi connectivity index (χ0v) is 7.77. The fourth-order valence-corrected chi connectivity index (χ4v) is 1.08. The van der Waals surface area contributed by atoms with E-state index in [0.717, 1.165) is 5.69 Å². The van der Waals surface area contributed by atoms with Gasteiger partial charge in [-0.3, -0.25) is 4.79 Å². The third-order valence-electron chi connectivity index (χ3n) is 1.79. The molecular formula is C10H10N2O2. The maximum Gasteiger partial charge on any atom is 0.323 e. The highest BCUT2D eigenvalue weighted by Crippen LogP contribution is 2.18. The second kappa shape index (κ2) is 4.28. The summed E-state index contributed by atoms with van der Waals surface area (Å²) in [5.74, 6) is -0.873. The molecule has 0 bridgehead atoms. The fraction of sp³-hybridized carbons (Fsp3) is 0.200. The Morgan fingerprint density at radius 2 is 2.07 bits per heavy atom. The summed E-state index contributed by atoms with van der Waals surface area (Å²) in [6.45, 7) is 6.71. The molecule has 72 valence electrons. The number of nitrogens with zero attached hydrogens (tertiary/aromatic N) is 2. The fourth-order valence-electron chi connectivity index (χ4n) is 1.08. The zero-order chi connectivity index (χ0) is 10.6. The van der Waals surface area contributed by atoms with Gasteiger partial charge in [-0.25, -0.2) is 4.85 Å².